The minimum absolute atomic E-state index is 0.0307. The Morgan fingerprint density at radius 1 is 1.47 bits per heavy atom. The van der Waals surface area contributed by atoms with Crippen molar-refractivity contribution >= 4 is 5.91 Å². The second-order valence-corrected chi connectivity index (χ2v) is 5.52. The Hall–Kier alpha value is -0.870. The van der Waals surface area contributed by atoms with Crippen molar-refractivity contribution in [3.05, 3.63) is 12.7 Å². The minimum Gasteiger partial charge on any atom is -0.371 e. The molecule has 1 aliphatic carbocycles. The maximum atomic E-state index is 12.4. The zero-order chi connectivity index (χ0) is 14.3. The van der Waals surface area contributed by atoms with E-state index in [1.54, 1.807) is 0 Å². The summed E-state index contributed by atoms with van der Waals surface area (Å²) < 4.78 is 5.22. The molecule has 1 aliphatic rings. The molecule has 1 saturated carbocycles. The molecule has 0 aliphatic heterocycles. The van der Waals surface area contributed by atoms with Crippen molar-refractivity contribution in [2.75, 3.05) is 20.4 Å². The lowest BCUT2D eigenvalue weighted by atomic mass is 9.96. The summed E-state index contributed by atoms with van der Waals surface area (Å²) in [5.41, 5.74) is 0. The quantitative estimate of drug-likeness (QED) is 0.417. The molecule has 4 heteroatoms. The highest BCUT2D eigenvalue weighted by atomic mass is 16.6. The normalized spacial score (nSPS) is 26.4. The Bertz CT molecular complexity index is 293. The lowest BCUT2D eigenvalue weighted by molar-refractivity contribution is -0.135. The predicted molar refractivity (Wildman–Crippen MR) is 75.5 cm³/mol. The molecule has 0 heterocycles. The van der Waals surface area contributed by atoms with Gasteiger partial charge in [-0.25, -0.2) is 0 Å². The van der Waals surface area contributed by atoms with Crippen molar-refractivity contribution in [1.29, 1.82) is 0 Å². The summed E-state index contributed by atoms with van der Waals surface area (Å²) >= 11 is 0. The fourth-order valence-electron chi connectivity index (χ4n) is 2.81. The van der Waals surface area contributed by atoms with Gasteiger partial charge < -0.3 is 14.7 Å². The fraction of sp³-hybridized carbons (Fsp3) is 0.800. The highest BCUT2D eigenvalue weighted by Gasteiger charge is 2.37. The van der Waals surface area contributed by atoms with Crippen molar-refractivity contribution < 1.29 is 14.6 Å². The van der Waals surface area contributed by atoms with Gasteiger partial charge in [0, 0.05) is 19.5 Å². The molecule has 110 valence electrons. The summed E-state index contributed by atoms with van der Waals surface area (Å²) in [6.07, 6.45) is 6.65. The van der Waals surface area contributed by atoms with E-state index in [1.807, 2.05) is 18.0 Å². The molecule has 1 fully saturated rings. The Labute approximate surface area is 116 Å². The third-order valence-electron chi connectivity index (χ3n) is 3.99. The van der Waals surface area contributed by atoms with Crippen LogP contribution in [0.15, 0.2) is 12.7 Å². The molecule has 0 saturated heterocycles. The van der Waals surface area contributed by atoms with Crippen LogP contribution < -0.4 is 0 Å². The van der Waals surface area contributed by atoms with Crippen LogP contribution in [0.1, 0.15) is 39.0 Å². The predicted octanol–water partition coefficient (Wildman–Crippen LogP) is 2.18. The van der Waals surface area contributed by atoms with Crippen molar-refractivity contribution in [2.24, 2.45) is 11.8 Å². The first-order valence-corrected chi connectivity index (χ1v) is 7.18. The lowest BCUT2D eigenvalue weighted by Crippen LogP contribution is -2.35. The number of ether oxygens (including phenoxy) is 1. The van der Waals surface area contributed by atoms with Gasteiger partial charge in [-0.05, 0) is 38.0 Å². The van der Waals surface area contributed by atoms with Gasteiger partial charge in [-0.15, -0.1) is 6.58 Å². The van der Waals surface area contributed by atoms with E-state index in [9.17, 15) is 4.79 Å². The molecular formula is C15H27NO3. The summed E-state index contributed by atoms with van der Waals surface area (Å²) in [6.45, 7) is 6.34. The Morgan fingerprint density at radius 3 is 2.84 bits per heavy atom. The van der Waals surface area contributed by atoms with E-state index in [0.717, 1.165) is 38.6 Å². The number of allylic oxidation sites excluding steroid dienone is 1. The molecule has 0 aromatic carbocycles. The zero-order valence-electron chi connectivity index (χ0n) is 12.2. The van der Waals surface area contributed by atoms with Crippen molar-refractivity contribution in [1.82, 2.24) is 4.90 Å². The van der Waals surface area contributed by atoms with Crippen molar-refractivity contribution in [3.63, 3.8) is 0 Å². The second kappa shape index (κ2) is 8.33. The number of carbonyl (C=O) groups is 1. The number of carbonyl (C=O) groups excluding carboxylic acids is 1. The molecule has 0 bridgehead atoms. The van der Waals surface area contributed by atoms with Gasteiger partial charge in [0.25, 0.3) is 0 Å². The zero-order valence-corrected chi connectivity index (χ0v) is 12.2. The van der Waals surface area contributed by atoms with E-state index in [0.29, 0.717) is 5.92 Å². The van der Waals surface area contributed by atoms with E-state index in [-0.39, 0.29) is 24.7 Å². The largest absolute Gasteiger partial charge is 0.371 e. The Balaban J connectivity index is 2.37. The van der Waals surface area contributed by atoms with Crippen LogP contribution in [0.3, 0.4) is 0 Å². The monoisotopic (exact) mass is 269 g/mol. The molecular weight excluding hydrogens is 242 g/mol. The van der Waals surface area contributed by atoms with Crippen LogP contribution in [0.25, 0.3) is 0 Å². The summed E-state index contributed by atoms with van der Waals surface area (Å²) in [5.74, 6) is 0.593. The summed E-state index contributed by atoms with van der Waals surface area (Å²) in [6, 6.07) is 0. The van der Waals surface area contributed by atoms with E-state index in [4.69, 9.17) is 9.84 Å². The average molecular weight is 269 g/mol. The van der Waals surface area contributed by atoms with E-state index in [2.05, 4.69) is 13.5 Å². The number of amides is 1. The maximum absolute atomic E-state index is 12.4. The van der Waals surface area contributed by atoms with E-state index < -0.39 is 0 Å². The smallest absolute Gasteiger partial charge is 0.225 e. The Morgan fingerprint density at radius 2 is 2.21 bits per heavy atom. The molecule has 0 spiro atoms. The molecule has 3 atom stereocenters. The first-order valence-electron chi connectivity index (χ1n) is 7.18. The molecule has 0 radical (unpaired) electrons. The number of aliphatic hydroxyl groups excluding tert-OH is 1. The van der Waals surface area contributed by atoms with E-state index in [1.165, 1.54) is 0 Å². The standard InChI is InChI=1S/C15H27NO3/c1-4-5-6-7-8-16(3)15(18)14-10-13(19-11-17)9-12(14)2/h4,12-14,17H,1,5-11H2,2-3H3. The summed E-state index contributed by atoms with van der Waals surface area (Å²) in [4.78, 5) is 14.2. The Kier molecular flexibility index (Phi) is 7.10. The first kappa shape index (κ1) is 16.2. The van der Waals surface area contributed by atoms with Crippen LogP contribution in [0.2, 0.25) is 0 Å². The number of unbranched alkanes of at least 4 members (excludes halogenated alkanes) is 2. The molecule has 1 N–H and O–H groups in total. The van der Waals surface area contributed by atoms with Gasteiger partial charge in [-0.3, -0.25) is 4.79 Å². The van der Waals surface area contributed by atoms with Gasteiger partial charge in [0.15, 0.2) is 0 Å². The number of nitrogens with zero attached hydrogens (tertiary/aromatic N) is 1. The summed E-state index contributed by atoms with van der Waals surface area (Å²) in [7, 11) is 1.88. The molecule has 19 heavy (non-hydrogen) atoms. The van der Waals surface area contributed by atoms with Crippen molar-refractivity contribution in [2.45, 2.75) is 45.1 Å². The number of aliphatic hydroxyl groups is 1. The molecule has 3 unspecified atom stereocenters. The fourth-order valence-corrected chi connectivity index (χ4v) is 2.81. The lowest BCUT2D eigenvalue weighted by Gasteiger charge is -2.23. The molecule has 1 rings (SSSR count). The van der Waals surface area contributed by atoms with Gasteiger partial charge in [-0.1, -0.05) is 13.0 Å². The first-order chi connectivity index (χ1) is 9.10. The topological polar surface area (TPSA) is 49.8 Å². The van der Waals surface area contributed by atoms with Crippen LogP contribution >= 0.6 is 0 Å². The minimum atomic E-state index is -0.254. The van der Waals surface area contributed by atoms with Gasteiger partial charge in [0.1, 0.15) is 6.79 Å². The average Bonchev–Trinajstić information content (AvgIpc) is 2.75. The third kappa shape index (κ3) is 4.96. The van der Waals surface area contributed by atoms with Gasteiger partial charge >= 0.3 is 0 Å². The molecule has 4 nitrogen and oxygen atoms in total. The summed E-state index contributed by atoms with van der Waals surface area (Å²) in [5, 5.41) is 8.79. The SMILES string of the molecule is C=CCCCCN(C)C(=O)C1CC(OCO)CC1C. The van der Waals surface area contributed by atoms with Gasteiger partial charge in [0.05, 0.1) is 6.10 Å². The highest BCUT2D eigenvalue weighted by Crippen LogP contribution is 2.34. The maximum Gasteiger partial charge on any atom is 0.225 e. The molecule has 1 amide bonds. The van der Waals surface area contributed by atoms with Crippen LogP contribution in [0.4, 0.5) is 0 Å². The van der Waals surface area contributed by atoms with Crippen LogP contribution in [0.5, 0.6) is 0 Å². The number of rotatable bonds is 8. The van der Waals surface area contributed by atoms with Gasteiger partial charge in [0.2, 0.25) is 5.91 Å². The molecule has 0 aromatic heterocycles. The third-order valence-corrected chi connectivity index (χ3v) is 3.99. The van der Waals surface area contributed by atoms with Gasteiger partial charge in [-0.2, -0.15) is 0 Å². The van der Waals surface area contributed by atoms with Crippen molar-refractivity contribution in [3.8, 4) is 0 Å². The highest BCUT2D eigenvalue weighted by molar-refractivity contribution is 5.79. The number of hydrogen-bond donors (Lipinski definition) is 1. The number of hydrogen-bond acceptors (Lipinski definition) is 3. The van der Waals surface area contributed by atoms with E-state index >= 15 is 0 Å². The van der Waals surface area contributed by atoms with Crippen LogP contribution in [0, 0.1) is 11.8 Å². The van der Waals surface area contributed by atoms with Crippen LogP contribution in [-0.4, -0.2) is 42.4 Å². The second-order valence-electron chi connectivity index (χ2n) is 5.52. The van der Waals surface area contributed by atoms with Crippen LogP contribution in [-0.2, 0) is 9.53 Å². The molecule has 0 aromatic rings.